The highest BCUT2D eigenvalue weighted by Gasteiger charge is 2.20. The molecule has 4 aromatic rings. The van der Waals surface area contributed by atoms with Gasteiger partial charge >= 0.3 is 0 Å². The van der Waals surface area contributed by atoms with E-state index < -0.39 is 0 Å². The lowest BCUT2D eigenvalue weighted by molar-refractivity contribution is -0.659. The van der Waals surface area contributed by atoms with Crippen LogP contribution in [0.1, 0.15) is 5.56 Å². The van der Waals surface area contributed by atoms with Gasteiger partial charge in [-0.3, -0.25) is 0 Å². The van der Waals surface area contributed by atoms with Crippen LogP contribution >= 0.6 is 11.5 Å². The molecule has 0 fully saturated rings. The quantitative estimate of drug-likeness (QED) is 0.490. The Bertz CT molecular complexity index is 933. The first-order valence-corrected chi connectivity index (χ1v) is 7.40. The van der Waals surface area contributed by atoms with Crippen molar-refractivity contribution in [2.45, 2.75) is 6.92 Å². The Kier molecular flexibility index (Phi) is 2.41. The Balaban J connectivity index is 2.17. The van der Waals surface area contributed by atoms with E-state index in [1.807, 2.05) is 0 Å². The maximum absolute atomic E-state index is 4.81. The van der Waals surface area contributed by atoms with Crippen molar-refractivity contribution >= 4 is 28.2 Å². The molecule has 0 saturated heterocycles. The number of aryl methyl sites for hydroxylation is 2. The second kappa shape index (κ2) is 4.15. The molecule has 0 unspecified atom stereocenters. The van der Waals surface area contributed by atoms with Crippen LogP contribution in [0.4, 0.5) is 0 Å². The number of nitrogens with zero attached hydrogens (tertiary/aromatic N) is 3. The Hall–Kier alpha value is -2.20. The fourth-order valence-corrected chi connectivity index (χ4v) is 3.48. The van der Waals surface area contributed by atoms with Crippen molar-refractivity contribution in [1.29, 1.82) is 0 Å². The molecule has 3 aromatic heterocycles. The topological polar surface area (TPSA) is 21.2 Å². The van der Waals surface area contributed by atoms with E-state index in [0.29, 0.717) is 0 Å². The van der Waals surface area contributed by atoms with Crippen LogP contribution in [-0.2, 0) is 7.05 Å². The summed E-state index contributed by atoms with van der Waals surface area (Å²) in [6.45, 7) is 2.15. The molecule has 0 aliphatic rings. The summed E-state index contributed by atoms with van der Waals surface area (Å²) in [6.07, 6.45) is 2.11. The molecule has 0 aliphatic heterocycles. The smallest absolute Gasteiger partial charge is 0.240 e. The number of hydrogen-bond acceptors (Lipinski definition) is 2. The lowest BCUT2D eigenvalue weighted by atomic mass is 10.0. The van der Waals surface area contributed by atoms with Crippen molar-refractivity contribution in [3.63, 3.8) is 0 Å². The zero-order chi connectivity index (χ0) is 13.7. The Labute approximate surface area is 120 Å². The summed E-state index contributed by atoms with van der Waals surface area (Å²) in [7, 11) is 2.08. The fraction of sp³-hybridized carbons (Fsp3) is 0.125. The summed E-state index contributed by atoms with van der Waals surface area (Å²) >= 11 is 1.68. The summed E-state index contributed by atoms with van der Waals surface area (Å²) < 4.78 is 4.33. The average Bonchev–Trinajstić information content (AvgIpc) is 3.00. The summed E-state index contributed by atoms with van der Waals surface area (Å²) in [4.78, 5) is 4.81. The number of pyridine rings is 1. The number of rotatable bonds is 1. The second-order valence-corrected chi connectivity index (χ2v) is 5.84. The van der Waals surface area contributed by atoms with Crippen LogP contribution in [0.15, 0.2) is 48.0 Å². The molecular weight excluding hydrogens is 266 g/mol. The summed E-state index contributed by atoms with van der Waals surface area (Å²) in [5, 5.41) is 2.07. The average molecular weight is 280 g/mol. The van der Waals surface area contributed by atoms with Crippen molar-refractivity contribution < 1.29 is 4.57 Å². The highest BCUT2D eigenvalue weighted by molar-refractivity contribution is 7.05. The van der Waals surface area contributed by atoms with Crippen LogP contribution in [0, 0.1) is 6.92 Å². The molecule has 0 amide bonds. The van der Waals surface area contributed by atoms with Gasteiger partial charge in [0.2, 0.25) is 5.69 Å². The first-order chi connectivity index (χ1) is 9.75. The number of aromatic nitrogens is 3. The maximum Gasteiger partial charge on any atom is 0.240 e. The molecule has 0 aliphatic carbocycles. The molecule has 1 aromatic carbocycles. The Morgan fingerprint density at radius 3 is 2.85 bits per heavy atom. The molecule has 20 heavy (non-hydrogen) atoms. The zero-order valence-corrected chi connectivity index (χ0v) is 12.2. The third kappa shape index (κ3) is 1.51. The number of fused-ring (bicyclic) bond motifs is 3. The first-order valence-electron chi connectivity index (χ1n) is 6.56. The van der Waals surface area contributed by atoms with E-state index in [2.05, 4.69) is 70.3 Å². The summed E-state index contributed by atoms with van der Waals surface area (Å²) in [5.41, 5.74) is 6.95. The minimum absolute atomic E-state index is 1.02. The van der Waals surface area contributed by atoms with Crippen LogP contribution in [0.3, 0.4) is 0 Å². The van der Waals surface area contributed by atoms with E-state index in [-0.39, 0.29) is 0 Å². The van der Waals surface area contributed by atoms with Crippen molar-refractivity contribution in [2.75, 3.05) is 0 Å². The van der Waals surface area contributed by atoms with E-state index in [0.717, 1.165) is 11.2 Å². The largest absolute Gasteiger partial charge is 0.247 e. The van der Waals surface area contributed by atoms with Gasteiger partial charge in [0, 0.05) is 11.4 Å². The third-order valence-electron chi connectivity index (χ3n) is 3.71. The van der Waals surface area contributed by atoms with Gasteiger partial charge in [0.15, 0.2) is 11.7 Å². The number of hydrogen-bond donors (Lipinski definition) is 0. The molecule has 3 heterocycles. The third-order valence-corrected chi connectivity index (χ3v) is 4.56. The molecule has 3 nitrogen and oxygen atoms in total. The van der Waals surface area contributed by atoms with Crippen LogP contribution in [0.25, 0.3) is 27.9 Å². The van der Waals surface area contributed by atoms with Gasteiger partial charge < -0.3 is 0 Å². The van der Waals surface area contributed by atoms with Crippen LogP contribution in [0.5, 0.6) is 0 Å². The van der Waals surface area contributed by atoms with E-state index in [1.54, 1.807) is 11.5 Å². The fourth-order valence-electron chi connectivity index (χ4n) is 2.71. The summed E-state index contributed by atoms with van der Waals surface area (Å²) in [5.74, 6) is 0. The first kappa shape index (κ1) is 11.6. The highest BCUT2D eigenvalue weighted by Crippen LogP contribution is 2.28. The molecule has 98 valence electrons. The second-order valence-electron chi connectivity index (χ2n) is 5.00. The highest BCUT2D eigenvalue weighted by atomic mass is 32.1. The van der Waals surface area contributed by atoms with Crippen LogP contribution in [-0.4, -0.2) is 8.77 Å². The minimum atomic E-state index is 1.02. The monoisotopic (exact) mass is 280 g/mol. The number of benzene rings is 1. The molecule has 0 saturated carbocycles. The van der Waals surface area contributed by atoms with Gasteiger partial charge in [-0.25, -0.2) is 8.77 Å². The van der Waals surface area contributed by atoms with Gasteiger partial charge in [-0.05, 0) is 24.6 Å². The van der Waals surface area contributed by atoms with E-state index in [4.69, 9.17) is 4.98 Å². The Morgan fingerprint density at radius 1 is 1.15 bits per heavy atom. The van der Waals surface area contributed by atoms with Crippen molar-refractivity contribution in [2.24, 2.45) is 7.05 Å². The summed E-state index contributed by atoms with van der Waals surface area (Å²) in [6, 6.07) is 12.7. The lowest BCUT2D eigenvalue weighted by Gasteiger charge is -2.04. The Morgan fingerprint density at radius 2 is 2.00 bits per heavy atom. The predicted molar refractivity (Wildman–Crippen MR) is 81.9 cm³/mol. The molecule has 0 spiro atoms. The van der Waals surface area contributed by atoms with Crippen molar-refractivity contribution in [3.05, 3.63) is 53.5 Å². The molecule has 0 N–H and O–H groups in total. The normalized spacial score (nSPS) is 11.5. The van der Waals surface area contributed by atoms with E-state index in [1.165, 1.54) is 22.3 Å². The van der Waals surface area contributed by atoms with Crippen LogP contribution < -0.4 is 4.57 Å². The van der Waals surface area contributed by atoms with Crippen molar-refractivity contribution in [3.8, 4) is 11.3 Å². The zero-order valence-electron chi connectivity index (χ0n) is 11.4. The van der Waals surface area contributed by atoms with Gasteiger partial charge in [0.1, 0.15) is 12.7 Å². The van der Waals surface area contributed by atoms with Gasteiger partial charge in [-0.1, -0.05) is 29.7 Å². The SMILES string of the molecule is Cc1ccccc1-c1c2nc3ccsn3c2cc[n+]1C. The van der Waals surface area contributed by atoms with Gasteiger partial charge in [-0.2, -0.15) is 4.57 Å². The molecule has 0 atom stereocenters. The molecule has 0 bridgehead atoms. The molecule has 4 rings (SSSR count). The number of imidazole rings is 1. The molecule has 4 heteroatoms. The minimum Gasteiger partial charge on any atom is -0.247 e. The van der Waals surface area contributed by atoms with Crippen LogP contribution in [0.2, 0.25) is 0 Å². The van der Waals surface area contributed by atoms with E-state index in [9.17, 15) is 0 Å². The standard InChI is InChI=1S/C16H14N3S/c1-11-5-3-4-6-12(11)16-15-13(7-9-18(16)2)19-14(17-15)8-10-20-19/h3-10H,1-2H3/q+1. The van der Waals surface area contributed by atoms with Gasteiger partial charge in [-0.15, -0.1) is 0 Å². The van der Waals surface area contributed by atoms with Gasteiger partial charge in [0.05, 0.1) is 11.1 Å². The van der Waals surface area contributed by atoms with E-state index >= 15 is 0 Å². The predicted octanol–water partition coefficient (Wildman–Crippen LogP) is 3.35. The van der Waals surface area contributed by atoms with Gasteiger partial charge in [0.25, 0.3) is 0 Å². The lowest BCUT2D eigenvalue weighted by Crippen LogP contribution is -2.30. The molecule has 0 radical (unpaired) electrons. The maximum atomic E-state index is 4.81. The van der Waals surface area contributed by atoms with Crippen molar-refractivity contribution in [1.82, 2.24) is 8.77 Å². The molecular formula is C16H14N3S+.